The van der Waals surface area contributed by atoms with E-state index in [-0.39, 0.29) is 5.91 Å². The quantitative estimate of drug-likeness (QED) is 0.448. The van der Waals surface area contributed by atoms with Crippen molar-refractivity contribution in [2.75, 3.05) is 26.2 Å². The SMILES string of the molecule is C\C=C/N=C(\C(=C\CCC)C(=O)NC1CCC1)N1CCNCC1. The average Bonchev–Trinajstić information content (AvgIpc) is 2.54. The molecule has 5 nitrogen and oxygen atoms in total. The number of hydrogen-bond donors (Lipinski definition) is 2. The Bertz CT molecular complexity index is 471. The predicted octanol–water partition coefficient (Wildman–Crippen LogP) is 2.22. The lowest BCUT2D eigenvalue weighted by molar-refractivity contribution is -0.118. The van der Waals surface area contributed by atoms with Crippen LogP contribution in [0.5, 0.6) is 0 Å². The highest BCUT2D eigenvalue weighted by Crippen LogP contribution is 2.19. The molecule has 23 heavy (non-hydrogen) atoms. The third-order valence-corrected chi connectivity index (χ3v) is 4.33. The molecule has 1 saturated heterocycles. The van der Waals surface area contributed by atoms with Gasteiger partial charge in [-0.15, -0.1) is 0 Å². The molecule has 0 unspecified atom stereocenters. The Kier molecular flexibility index (Phi) is 7.33. The number of carbonyl (C=O) groups excluding carboxylic acids is 1. The van der Waals surface area contributed by atoms with Crippen molar-refractivity contribution in [3.8, 4) is 0 Å². The monoisotopic (exact) mass is 318 g/mol. The minimum atomic E-state index is 0.0323. The van der Waals surface area contributed by atoms with Gasteiger partial charge in [0.2, 0.25) is 0 Å². The summed E-state index contributed by atoms with van der Waals surface area (Å²) in [5, 5.41) is 6.52. The Morgan fingerprint density at radius 3 is 2.65 bits per heavy atom. The van der Waals surface area contributed by atoms with Gasteiger partial charge in [-0.2, -0.15) is 0 Å². The van der Waals surface area contributed by atoms with Crippen molar-refractivity contribution in [2.45, 2.75) is 52.0 Å². The Morgan fingerprint density at radius 1 is 1.35 bits per heavy atom. The summed E-state index contributed by atoms with van der Waals surface area (Å²) in [6.07, 6.45) is 11.1. The summed E-state index contributed by atoms with van der Waals surface area (Å²) in [4.78, 5) is 19.6. The van der Waals surface area contributed by atoms with Gasteiger partial charge in [-0.1, -0.05) is 25.5 Å². The largest absolute Gasteiger partial charge is 0.353 e. The lowest BCUT2D eigenvalue weighted by atomic mass is 9.92. The van der Waals surface area contributed by atoms with Gasteiger partial charge in [0.25, 0.3) is 5.91 Å². The molecule has 0 aromatic carbocycles. The molecule has 1 aliphatic carbocycles. The summed E-state index contributed by atoms with van der Waals surface area (Å²) in [6.45, 7) is 7.71. The van der Waals surface area contributed by atoms with Crippen molar-refractivity contribution in [3.63, 3.8) is 0 Å². The first-order valence-corrected chi connectivity index (χ1v) is 8.92. The standard InChI is InChI=1S/C18H30N4O/c1-3-5-9-16(18(23)21-15-7-6-8-15)17(20-10-4-2)22-13-11-19-12-14-22/h4,9-10,15,19H,3,5-8,11-14H2,1-2H3,(H,21,23)/b10-4-,16-9-,20-17+. The molecule has 2 N–H and O–H groups in total. The highest BCUT2D eigenvalue weighted by molar-refractivity contribution is 6.20. The molecule has 128 valence electrons. The zero-order chi connectivity index (χ0) is 16.5. The van der Waals surface area contributed by atoms with E-state index in [0.717, 1.165) is 63.3 Å². The van der Waals surface area contributed by atoms with E-state index in [1.54, 1.807) is 6.20 Å². The molecule has 1 aliphatic heterocycles. The topological polar surface area (TPSA) is 56.7 Å². The summed E-state index contributed by atoms with van der Waals surface area (Å²) in [7, 11) is 0. The van der Waals surface area contributed by atoms with Crippen LogP contribution in [0.3, 0.4) is 0 Å². The molecule has 2 fully saturated rings. The molecule has 5 heteroatoms. The third-order valence-electron chi connectivity index (χ3n) is 4.33. The second kappa shape index (κ2) is 9.50. The van der Waals surface area contributed by atoms with Gasteiger partial charge in [0.15, 0.2) is 0 Å². The van der Waals surface area contributed by atoms with Crippen molar-refractivity contribution in [1.29, 1.82) is 0 Å². The Labute approximate surface area is 139 Å². The summed E-state index contributed by atoms with van der Waals surface area (Å²) >= 11 is 0. The fourth-order valence-corrected chi connectivity index (χ4v) is 2.73. The number of nitrogens with zero attached hydrogens (tertiary/aromatic N) is 2. The van der Waals surface area contributed by atoms with E-state index >= 15 is 0 Å². The molecule has 0 aromatic rings. The van der Waals surface area contributed by atoms with Crippen molar-refractivity contribution in [2.24, 2.45) is 4.99 Å². The fraction of sp³-hybridized carbons (Fsp3) is 0.667. The molecule has 1 saturated carbocycles. The molecular weight excluding hydrogens is 288 g/mol. The third kappa shape index (κ3) is 5.20. The number of hydrogen-bond acceptors (Lipinski definition) is 3. The Morgan fingerprint density at radius 2 is 2.09 bits per heavy atom. The maximum atomic E-state index is 12.8. The highest BCUT2D eigenvalue weighted by Gasteiger charge is 2.26. The molecule has 2 aliphatic rings. The lowest BCUT2D eigenvalue weighted by Gasteiger charge is -2.32. The van der Waals surface area contributed by atoms with Gasteiger partial charge in [0, 0.05) is 38.4 Å². The van der Waals surface area contributed by atoms with E-state index in [1.165, 1.54) is 6.42 Å². The van der Waals surface area contributed by atoms with Crippen LogP contribution in [0.25, 0.3) is 0 Å². The van der Waals surface area contributed by atoms with Gasteiger partial charge in [0.1, 0.15) is 5.84 Å². The van der Waals surface area contributed by atoms with Crippen LogP contribution in [-0.4, -0.2) is 48.9 Å². The minimum Gasteiger partial charge on any atom is -0.353 e. The molecular formula is C18H30N4O. The summed E-state index contributed by atoms with van der Waals surface area (Å²) in [6, 6.07) is 0.346. The first-order valence-electron chi connectivity index (χ1n) is 8.92. The summed E-state index contributed by atoms with van der Waals surface area (Å²) in [5.41, 5.74) is 0.735. The number of carbonyl (C=O) groups is 1. The van der Waals surface area contributed by atoms with Gasteiger partial charge >= 0.3 is 0 Å². The zero-order valence-electron chi connectivity index (χ0n) is 14.5. The molecule has 2 rings (SSSR count). The molecule has 1 heterocycles. The highest BCUT2D eigenvalue weighted by atomic mass is 16.1. The van der Waals surface area contributed by atoms with Crippen LogP contribution in [0.1, 0.15) is 46.0 Å². The number of unbranched alkanes of at least 4 members (excludes halogenated alkanes) is 1. The van der Waals surface area contributed by atoms with Gasteiger partial charge < -0.3 is 15.5 Å². The number of allylic oxidation sites excluding steroid dienone is 2. The van der Waals surface area contributed by atoms with Gasteiger partial charge in [0.05, 0.1) is 5.57 Å². The van der Waals surface area contributed by atoms with Crippen molar-refractivity contribution in [3.05, 3.63) is 23.9 Å². The molecule has 0 atom stereocenters. The number of rotatable bonds is 6. The number of piperazine rings is 1. The molecule has 1 amide bonds. The van der Waals surface area contributed by atoms with Crippen LogP contribution in [0.15, 0.2) is 28.9 Å². The molecule has 0 radical (unpaired) electrons. The van der Waals surface area contributed by atoms with Crippen molar-refractivity contribution in [1.82, 2.24) is 15.5 Å². The van der Waals surface area contributed by atoms with Crippen LogP contribution in [0, 0.1) is 0 Å². The molecule has 0 spiro atoms. The maximum absolute atomic E-state index is 12.8. The van der Waals surface area contributed by atoms with E-state index < -0.39 is 0 Å². The van der Waals surface area contributed by atoms with Crippen molar-refractivity contribution < 1.29 is 4.79 Å². The van der Waals surface area contributed by atoms with Crippen LogP contribution in [-0.2, 0) is 4.79 Å². The molecule has 0 bridgehead atoms. The molecule has 0 aromatic heterocycles. The number of aliphatic imine (C=N–C) groups is 1. The second-order valence-electron chi connectivity index (χ2n) is 6.18. The fourth-order valence-electron chi connectivity index (χ4n) is 2.73. The number of amidine groups is 1. The first kappa shape index (κ1) is 17.7. The normalized spacial score (nSPS) is 20.7. The van der Waals surface area contributed by atoms with Gasteiger partial charge in [-0.05, 0) is 32.6 Å². The minimum absolute atomic E-state index is 0.0323. The van der Waals surface area contributed by atoms with E-state index in [0.29, 0.717) is 6.04 Å². The number of amides is 1. The van der Waals surface area contributed by atoms with Crippen molar-refractivity contribution >= 4 is 11.7 Å². The Hall–Kier alpha value is -1.62. The predicted molar refractivity (Wildman–Crippen MR) is 95.5 cm³/mol. The zero-order valence-corrected chi connectivity index (χ0v) is 14.5. The lowest BCUT2D eigenvalue weighted by Crippen LogP contribution is -2.49. The Balaban J connectivity index is 2.20. The summed E-state index contributed by atoms with van der Waals surface area (Å²) < 4.78 is 0. The van der Waals surface area contributed by atoms with E-state index in [4.69, 9.17) is 0 Å². The van der Waals surface area contributed by atoms with Crippen LogP contribution in [0.4, 0.5) is 0 Å². The van der Waals surface area contributed by atoms with E-state index in [9.17, 15) is 4.79 Å². The smallest absolute Gasteiger partial charge is 0.254 e. The second-order valence-corrected chi connectivity index (χ2v) is 6.18. The van der Waals surface area contributed by atoms with Crippen LogP contribution < -0.4 is 10.6 Å². The van der Waals surface area contributed by atoms with E-state index in [1.807, 2.05) is 13.0 Å². The first-order chi connectivity index (χ1) is 11.3. The van der Waals surface area contributed by atoms with E-state index in [2.05, 4.69) is 33.5 Å². The van der Waals surface area contributed by atoms with Crippen LogP contribution >= 0.6 is 0 Å². The van der Waals surface area contributed by atoms with Crippen LogP contribution in [0.2, 0.25) is 0 Å². The maximum Gasteiger partial charge on any atom is 0.254 e. The van der Waals surface area contributed by atoms with Gasteiger partial charge in [-0.3, -0.25) is 4.79 Å². The van der Waals surface area contributed by atoms with Gasteiger partial charge in [-0.25, -0.2) is 4.99 Å². The number of nitrogens with one attached hydrogen (secondary N) is 2. The summed E-state index contributed by atoms with van der Waals surface area (Å²) in [5.74, 6) is 0.847. The average molecular weight is 318 g/mol.